The van der Waals surface area contributed by atoms with Gasteiger partial charge in [-0.15, -0.1) is 0 Å². The minimum atomic E-state index is -3.70. The van der Waals surface area contributed by atoms with Crippen LogP contribution in [0.15, 0.2) is 58.4 Å². The first kappa shape index (κ1) is 19.4. The second kappa shape index (κ2) is 8.45. The van der Waals surface area contributed by atoms with Gasteiger partial charge in [0.05, 0.1) is 4.90 Å². The van der Waals surface area contributed by atoms with Crippen molar-refractivity contribution in [2.24, 2.45) is 16.5 Å². The Balaban J connectivity index is 2.05. The highest BCUT2D eigenvalue weighted by atomic mass is 32.2. The molecule has 1 amide bonds. The van der Waals surface area contributed by atoms with E-state index in [-0.39, 0.29) is 23.0 Å². The average Bonchev–Trinajstić information content (AvgIpc) is 2.61. The van der Waals surface area contributed by atoms with Gasteiger partial charge in [-0.3, -0.25) is 4.79 Å². The lowest BCUT2D eigenvalue weighted by Crippen LogP contribution is -2.24. The molecule has 0 fully saturated rings. The van der Waals surface area contributed by atoms with Crippen LogP contribution in [0.3, 0.4) is 0 Å². The summed E-state index contributed by atoms with van der Waals surface area (Å²) in [4.78, 5) is 15.1. The third-order valence-electron chi connectivity index (χ3n) is 3.40. The van der Waals surface area contributed by atoms with Crippen LogP contribution in [0.1, 0.15) is 15.9 Å². The zero-order valence-electron chi connectivity index (χ0n) is 13.8. The molecule has 5 N–H and O–H groups in total. The molecule has 0 bridgehead atoms. The Morgan fingerprint density at radius 1 is 1.04 bits per heavy atom. The molecule has 9 heteroatoms. The standard InChI is InChI=1S/C17H19N3O5S/c18-17(19)20-16(22)13-3-7-15(8-4-13)26(23,24)11-25-14-5-1-12(2-6-14)9-10-21/h1-8,21H,9-11H2,(H4,18,19,20,22). The molecule has 8 nitrogen and oxygen atoms in total. The molecule has 138 valence electrons. The largest absolute Gasteiger partial charge is 0.477 e. The van der Waals surface area contributed by atoms with Crippen LogP contribution in [0.4, 0.5) is 0 Å². The molecule has 2 aromatic rings. The van der Waals surface area contributed by atoms with Crippen molar-refractivity contribution in [1.29, 1.82) is 0 Å². The fourth-order valence-corrected chi connectivity index (χ4v) is 3.06. The van der Waals surface area contributed by atoms with Crippen LogP contribution in [-0.2, 0) is 16.3 Å². The van der Waals surface area contributed by atoms with Crippen LogP contribution >= 0.6 is 0 Å². The molecule has 0 atom stereocenters. The fourth-order valence-electron chi connectivity index (χ4n) is 2.08. The summed E-state index contributed by atoms with van der Waals surface area (Å²) in [6.07, 6.45) is 0.517. The summed E-state index contributed by atoms with van der Waals surface area (Å²) < 4.78 is 30.0. The van der Waals surface area contributed by atoms with Gasteiger partial charge in [-0.25, -0.2) is 8.42 Å². The van der Waals surface area contributed by atoms with E-state index in [1.807, 2.05) is 0 Å². The Morgan fingerprint density at radius 2 is 1.65 bits per heavy atom. The van der Waals surface area contributed by atoms with Crippen molar-refractivity contribution in [2.75, 3.05) is 12.5 Å². The lowest BCUT2D eigenvalue weighted by atomic mass is 10.1. The zero-order valence-corrected chi connectivity index (χ0v) is 14.6. The second-order valence-corrected chi connectivity index (χ2v) is 7.30. The van der Waals surface area contributed by atoms with Crippen molar-refractivity contribution in [3.8, 4) is 5.75 Å². The van der Waals surface area contributed by atoms with Crippen molar-refractivity contribution in [3.05, 3.63) is 59.7 Å². The van der Waals surface area contributed by atoms with Gasteiger partial charge >= 0.3 is 0 Å². The smallest absolute Gasteiger partial charge is 0.280 e. The van der Waals surface area contributed by atoms with Crippen molar-refractivity contribution in [3.63, 3.8) is 0 Å². The number of nitrogens with two attached hydrogens (primary N) is 2. The Kier molecular flexibility index (Phi) is 6.31. The maximum Gasteiger partial charge on any atom is 0.280 e. The number of hydrogen-bond donors (Lipinski definition) is 3. The number of ether oxygens (including phenoxy) is 1. The average molecular weight is 377 g/mol. The highest BCUT2D eigenvalue weighted by Crippen LogP contribution is 2.17. The molecule has 0 radical (unpaired) electrons. The Labute approximate surface area is 151 Å². The van der Waals surface area contributed by atoms with E-state index < -0.39 is 21.7 Å². The van der Waals surface area contributed by atoms with E-state index >= 15 is 0 Å². The minimum absolute atomic E-state index is 0.00986. The molecule has 0 aliphatic carbocycles. The highest BCUT2D eigenvalue weighted by Gasteiger charge is 2.16. The third kappa shape index (κ3) is 5.30. The van der Waals surface area contributed by atoms with E-state index in [0.29, 0.717) is 12.2 Å². The van der Waals surface area contributed by atoms with Gasteiger partial charge < -0.3 is 21.3 Å². The van der Waals surface area contributed by atoms with Crippen molar-refractivity contribution in [2.45, 2.75) is 11.3 Å². The first-order valence-corrected chi connectivity index (χ1v) is 9.26. The third-order valence-corrected chi connectivity index (χ3v) is 4.81. The van der Waals surface area contributed by atoms with Gasteiger partial charge in [0.1, 0.15) is 5.75 Å². The normalized spacial score (nSPS) is 11.0. The molecular weight excluding hydrogens is 358 g/mol. The zero-order chi connectivity index (χ0) is 19.2. The molecule has 0 spiro atoms. The van der Waals surface area contributed by atoms with Crippen LogP contribution in [-0.4, -0.2) is 37.9 Å². The summed E-state index contributed by atoms with van der Waals surface area (Å²) in [5, 5.41) is 8.87. The number of nitrogens with zero attached hydrogens (tertiary/aromatic N) is 1. The lowest BCUT2D eigenvalue weighted by molar-refractivity contribution is 0.100. The summed E-state index contributed by atoms with van der Waals surface area (Å²) in [6.45, 7) is 0.0380. The van der Waals surface area contributed by atoms with E-state index in [0.717, 1.165) is 5.56 Å². The fraction of sp³-hybridized carbons (Fsp3) is 0.176. The SMILES string of the molecule is NC(N)=NC(=O)c1ccc(S(=O)(=O)COc2ccc(CCO)cc2)cc1. The van der Waals surface area contributed by atoms with E-state index in [2.05, 4.69) is 4.99 Å². The molecule has 26 heavy (non-hydrogen) atoms. The van der Waals surface area contributed by atoms with Gasteiger partial charge in [0, 0.05) is 12.2 Å². The maximum atomic E-state index is 12.3. The van der Waals surface area contributed by atoms with Gasteiger partial charge in [0.25, 0.3) is 5.91 Å². The van der Waals surface area contributed by atoms with Crippen LogP contribution < -0.4 is 16.2 Å². The van der Waals surface area contributed by atoms with Gasteiger partial charge in [-0.2, -0.15) is 4.99 Å². The summed E-state index contributed by atoms with van der Waals surface area (Å²) in [6, 6.07) is 12.0. The molecule has 0 aliphatic rings. The molecule has 2 rings (SSSR count). The second-order valence-electron chi connectivity index (χ2n) is 5.36. The minimum Gasteiger partial charge on any atom is -0.477 e. The molecule has 0 saturated heterocycles. The van der Waals surface area contributed by atoms with Crippen molar-refractivity contribution >= 4 is 21.7 Å². The quantitative estimate of drug-likeness (QED) is 0.469. The number of benzene rings is 2. The summed E-state index contributed by atoms with van der Waals surface area (Å²) in [7, 11) is -3.70. The highest BCUT2D eigenvalue weighted by molar-refractivity contribution is 7.91. The van der Waals surface area contributed by atoms with Gasteiger partial charge in [0.2, 0.25) is 9.84 Å². The number of guanidine groups is 1. The van der Waals surface area contributed by atoms with Gasteiger partial charge in [0.15, 0.2) is 11.9 Å². The van der Waals surface area contributed by atoms with Gasteiger partial charge in [-0.05, 0) is 48.4 Å². The molecule has 0 saturated carbocycles. The molecule has 2 aromatic carbocycles. The molecular formula is C17H19N3O5S. The van der Waals surface area contributed by atoms with E-state index in [4.69, 9.17) is 21.3 Å². The van der Waals surface area contributed by atoms with E-state index in [9.17, 15) is 13.2 Å². The Hall–Kier alpha value is -2.91. The summed E-state index contributed by atoms with van der Waals surface area (Å²) in [5.74, 6) is -1.18. The molecule has 0 aromatic heterocycles. The molecule has 0 heterocycles. The van der Waals surface area contributed by atoms with Crippen molar-refractivity contribution in [1.82, 2.24) is 0 Å². The van der Waals surface area contributed by atoms with E-state index in [1.54, 1.807) is 24.3 Å². The Bertz CT molecular complexity index is 887. The van der Waals surface area contributed by atoms with Crippen LogP contribution in [0.5, 0.6) is 5.75 Å². The number of hydrogen-bond acceptors (Lipinski definition) is 5. The number of carbonyl (C=O) groups excluding carboxylic acids is 1. The van der Waals surface area contributed by atoms with Crippen molar-refractivity contribution < 1.29 is 23.1 Å². The first-order valence-electron chi connectivity index (χ1n) is 7.61. The molecule has 0 unspecified atom stereocenters. The first-order chi connectivity index (χ1) is 12.3. The number of rotatable bonds is 7. The number of carbonyl (C=O) groups is 1. The van der Waals surface area contributed by atoms with E-state index in [1.165, 1.54) is 24.3 Å². The number of sulfone groups is 1. The predicted octanol–water partition coefficient (Wildman–Crippen LogP) is 0.445. The maximum absolute atomic E-state index is 12.3. The van der Waals surface area contributed by atoms with Crippen LogP contribution in [0.25, 0.3) is 0 Å². The summed E-state index contributed by atoms with van der Waals surface area (Å²) >= 11 is 0. The number of aliphatic hydroxyl groups excluding tert-OH is 1. The van der Waals surface area contributed by atoms with Gasteiger partial charge in [-0.1, -0.05) is 12.1 Å². The summed E-state index contributed by atoms with van der Waals surface area (Å²) in [5.41, 5.74) is 11.4. The number of aliphatic hydroxyl groups is 1. The predicted molar refractivity (Wildman–Crippen MR) is 96.5 cm³/mol. The lowest BCUT2D eigenvalue weighted by Gasteiger charge is -2.08. The number of aliphatic imine (C=N–C) groups is 1. The molecule has 0 aliphatic heterocycles. The topological polar surface area (TPSA) is 145 Å². The number of amides is 1. The van der Waals surface area contributed by atoms with Crippen LogP contribution in [0.2, 0.25) is 0 Å². The monoisotopic (exact) mass is 377 g/mol. The van der Waals surface area contributed by atoms with Crippen LogP contribution in [0, 0.1) is 0 Å². The Morgan fingerprint density at radius 3 is 2.19 bits per heavy atom.